The molecule has 0 aliphatic rings. The molecule has 1 amide bonds. The predicted octanol–water partition coefficient (Wildman–Crippen LogP) is 3.12. The summed E-state index contributed by atoms with van der Waals surface area (Å²) >= 11 is 0. The summed E-state index contributed by atoms with van der Waals surface area (Å²) in [5.41, 5.74) is 0.857. The highest BCUT2D eigenvalue weighted by Gasteiger charge is 2.19. The zero-order chi connectivity index (χ0) is 18.4. The van der Waals surface area contributed by atoms with Crippen LogP contribution in [-0.2, 0) is 14.6 Å². The summed E-state index contributed by atoms with van der Waals surface area (Å²) in [6, 6.07) is 15.5. The van der Waals surface area contributed by atoms with E-state index in [1.165, 1.54) is 6.26 Å². The molecule has 0 radical (unpaired) electrons. The van der Waals surface area contributed by atoms with Crippen LogP contribution in [-0.4, -0.2) is 26.7 Å². The van der Waals surface area contributed by atoms with Gasteiger partial charge in [0.15, 0.2) is 15.9 Å². The number of para-hydroxylation sites is 1. The molecule has 134 valence electrons. The van der Waals surface area contributed by atoms with Crippen LogP contribution in [0.15, 0.2) is 59.5 Å². The maximum absolute atomic E-state index is 12.4. The first-order valence-corrected chi connectivity index (χ1v) is 10.0. The number of sulfone groups is 1. The van der Waals surface area contributed by atoms with Crippen molar-refractivity contribution in [2.75, 3.05) is 6.26 Å². The molecular formula is C19H23NO4S. The SMILES string of the molecule is CCC(NC(=O)C(C)Oc1ccccc1)c1ccc(S(C)(=O)=O)cc1. The zero-order valence-corrected chi connectivity index (χ0v) is 15.4. The van der Waals surface area contributed by atoms with Crippen LogP contribution in [0.2, 0.25) is 0 Å². The summed E-state index contributed by atoms with van der Waals surface area (Å²) < 4.78 is 28.7. The second-order valence-corrected chi connectivity index (χ2v) is 7.90. The van der Waals surface area contributed by atoms with E-state index in [9.17, 15) is 13.2 Å². The molecule has 0 bridgehead atoms. The van der Waals surface area contributed by atoms with Gasteiger partial charge in [0.1, 0.15) is 5.75 Å². The van der Waals surface area contributed by atoms with Crippen LogP contribution in [0.1, 0.15) is 31.9 Å². The highest BCUT2D eigenvalue weighted by atomic mass is 32.2. The van der Waals surface area contributed by atoms with Gasteiger partial charge in [-0.05, 0) is 43.2 Å². The van der Waals surface area contributed by atoms with E-state index >= 15 is 0 Å². The molecule has 2 aromatic rings. The Morgan fingerprint density at radius 2 is 1.68 bits per heavy atom. The highest BCUT2D eigenvalue weighted by Crippen LogP contribution is 2.20. The van der Waals surface area contributed by atoms with E-state index in [-0.39, 0.29) is 16.8 Å². The molecule has 0 spiro atoms. The Morgan fingerprint density at radius 1 is 1.08 bits per heavy atom. The van der Waals surface area contributed by atoms with E-state index in [4.69, 9.17) is 4.74 Å². The number of hydrogen-bond donors (Lipinski definition) is 1. The summed E-state index contributed by atoms with van der Waals surface area (Å²) in [7, 11) is -3.23. The third-order valence-electron chi connectivity index (χ3n) is 3.86. The Morgan fingerprint density at radius 3 is 2.20 bits per heavy atom. The number of benzene rings is 2. The molecule has 0 aromatic heterocycles. The van der Waals surface area contributed by atoms with Gasteiger partial charge in [0.2, 0.25) is 0 Å². The Labute approximate surface area is 148 Å². The molecule has 0 saturated heterocycles. The zero-order valence-electron chi connectivity index (χ0n) is 14.6. The normalized spacial score (nSPS) is 13.7. The molecule has 2 rings (SSSR count). The van der Waals surface area contributed by atoms with Crippen molar-refractivity contribution < 1.29 is 17.9 Å². The molecule has 6 heteroatoms. The van der Waals surface area contributed by atoms with Crippen LogP contribution >= 0.6 is 0 Å². The minimum atomic E-state index is -3.23. The molecule has 0 aliphatic heterocycles. The van der Waals surface area contributed by atoms with Crippen LogP contribution < -0.4 is 10.1 Å². The number of carbonyl (C=O) groups excluding carboxylic acids is 1. The first-order valence-electron chi connectivity index (χ1n) is 8.13. The average molecular weight is 361 g/mol. The largest absolute Gasteiger partial charge is 0.481 e. The molecule has 0 saturated carbocycles. The molecule has 0 aliphatic carbocycles. The van der Waals surface area contributed by atoms with Gasteiger partial charge >= 0.3 is 0 Å². The smallest absolute Gasteiger partial charge is 0.261 e. The second kappa shape index (κ2) is 8.16. The predicted molar refractivity (Wildman–Crippen MR) is 97.3 cm³/mol. The Kier molecular flexibility index (Phi) is 6.20. The summed E-state index contributed by atoms with van der Waals surface area (Å²) in [4.78, 5) is 12.6. The molecule has 2 atom stereocenters. The van der Waals surface area contributed by atoms with Gasteiger partial charge in [0, 0.05) is 6.26 Å². The van der Waals surface area contributed by atoms with Gasteiger partial charge in [-0.3, -0.25) is 4.79 Å². The first kappa shape index (κ1) is 19.0. The average Bonchev–Trinajstić information content (AvgIpc) is 2.59. The Balaban J connectivity index is 2.04. The van der Waals surface area contributed by atoms with Gasteiger partial charge in [-0.25, -0.2) is 8.42 Å². The second-order valence-electron chi connectivity index (χ2n) is 5.88. The van der Waals surface area contributed by atoms with Crippen molar-refractivity contribution in [1.29, 1.82) is 0 Å². The maximum Gasteiger partial charge on any atom is 0.261 e. The minimum Gasteiger partial charge on any atom is -0.481 e. The fourth-order valence-corrected chi connectivity index (χ4v) is 3.04. The topological polar surface area (TPSA) is 72.5 Å². The van der Waals surface area contributed by atoms with Crippen molar-refractivity contribution in [1.82, 2.24) is 5.32 Å². The third-order valence-corrected chi connectivity index (χ3v) is 4.99. The van der Waals surface area contributed by atoms with Gasteiger partial charge in [0.05, 0.1) is 10.9 Å². The van der Waals surface area contributed by atoms with Crippen molar-refractivity contribution in [3.05, 3.63) is 60.2 Å². The molecule has 0 fully saturated rings. The van der Waals surface area contributed by atoms with Gasteiger partial charge in [-0.1, -0.05) is 37.3 Å². The number of amides is 1. The van der Waals surface area contributed by atoms with Crippen molar-refractivity contribution in [3.63, 3.8) is 0 Å². The van der Waals surface area contributed by atoms with Crippen LogP contribution in [0.3, 0.4) is 0 Å². The molecule has 5 nitrogen and oxygen atoms in total. The number of carbonyl (C=O) groups is 1. The van der Waals surface area contributed by atoms with Gasteiger partial charge < -0.3 is 10.1 Å². The fraction of sp³-hybridized carbons (Fsp3) is 0.316. The Hall–Kier alpha value is -2.34. The lowest BCUT2D eigenvalue weighted by molar-refractivity contribution is -0.128. The van der Waals surface area contributed by atoms with Crippen LogP contribution in [0.5, 0.6) is 5.75 Å². The lowest BCUT2D eigenvalue weighted by Gasteiger charge is -2.21. The van der Waals surface area contributed by atoms with E-state index in [2.05, 4.69) is 5.32 Å². The quantitative estimate of drug-likeness (QED) is 0.822. The summed E-state index contributed by atoms with van der Waals surface area (Å²) in [6.07, 6.45) is 1.22. The van der Waals surface area contributed by atoms with Crippen LogP contribution in [0, 0.1) is 0 Å². The van der Waals surface area contributed by atoms with Gasteiger partial charge in [-0.15, -0.1) is 0 Å². The highest BCUT2D eigenvalue weighted by molar-refractivity contribution is 7.90. The van der Waals surface area contributed by atoms with E-state index in [0.717, 1.165) is 5.56 Å². The lowest BCUT2D eigenvalue weighted by atomic mass is 10.0. The monoisotopic (exact) mass is 361 g/mol. The molecular weight excluding hydrogens is 338 g/mol. The summed E-state index contributed by atoms with van der Waals surface area (Å²) in [5.74, 6) is 0.415. The fourth-order valence-electron chi connectivity index (χ4n) is 2.41. The third kappa shape index (κ3) is 5.32. The van der Waals surface area contributed by atoms with E-state index in [1.54, 1.807) is 43.3 Å². The molecule has 25 heavy (non-hydrogen) atoms. The number of nitrogens with one attached hydrogen (secondary N) is 1. The van der Waals surface area contributed by atoms with Crippen LogP contribution in [0.25, 0.3) is 0 Å². The van der Waals surface area contributed by atoms with Crippen molar-refractivity contribution in [2.24, 2.45) is 0 Å². The molecule has 2 aromatic carbocycles. The van der Waals surface area contributed by atoms with Crippen LogP contribution in [0.4, 0.5) is 0 Å². The van der Waals surface area contributed by atoms with E-state index < -0.39 is 15.9 Å². The van der Waals surface area contributed by atoms with E-state index in [0.29, 0.717) is 12.2 Å². The van der Waals surface area contributed by atoms with E-state index in [1.807, 2.05) is 25.1 Å². The molecule has 1 N–H and O–H groups in total. The standard InChI is InChI=1S/C19H23NO4S/c1-4-18(15-10-12-17(13-11-15)25(3,22)23)20-19(21)14(2)24-16-8-6-5-7-9-16/h5-14,18H,4H2,1-3H3,(H,20,21). The first-order chi connectivity index (χ1) is 11.8. The number of rotatable bonds is 7. The summed E-state index contributed by atoms with van der Waals surface area (Å²) in [6.45, 7) is 3.65. The maximum atomic E-state index is 12.4. The number of hydrogen-bond acceptors (Lipinski definition) is 4. The van der Waals surface area contributed by atoms with Gasteiger partial charge in [0.25, 0.3) is 5.91 Å². The van der Waals surface area contributed by atoms with Gasteiger partial charge in [-0.2, -0.15) is 0 Å². The van der Waals surface area contributed by atoms with Crippen molar-refractivity contribution in [2.45, 2.75) is 37.3 Å². The van der Waals surface area contributed by atoms with Crippen molar-refractivity contribution >= 4 is 15.7 Å². The minimum absolute atomic E-state index is 0.206. The molecule has 2 unspecified atom stereocenters. The lowest BCUT2D eigenvalue weighted by Crippen LogP contribution is -2.38. The summed E-state index contributed by atoms with van der Waals surface area (Å²) in [5, 5.41) is 2.95. The van der Waals surface area contributed by atoms with Crippen molar-refractivity contribution in [3.8, 4) is 5.75 Å². The Bertz CT molecular complexity index is 801. The molecule has 0 heterocycles. The number of ether oxygens (including phenoxy) is 1.